The van der Waals surface area contributed by atoms with Crippen molar-refractivity contribution in [3.05, 3.63) is 14.1 Å². The molecule has 0 aromatic rings. The third-order valence-electron chi connectivity index (χ3n) is 8.51. The average Bonchev–Trinajstić information content (AvgIpc) is 2.57. The number of nitrogens with two attached hydrogens (primary N) is 2. The SMILES string of the molecule is [CH2-][NH2+]C1C2C(CCC1(C)O)C(C)([NH2+][CH2-])CCC2C1(C)CCC(Cl)C(C)(C)O1. The van der Waals surface area contributed by atoms with Crippen molar-refractivity contribution < 1.29 is 20.5 Å². The van der Waals surface area contributed by atoms with Crippen LogP contribution in [0.5, 0.6) is 0 Å². The van der Waals surface area contributed by atoms with Crippen molar-refractivity contribution in [3.8, 4) is 0 Å². The zero-order chi connectivity index (χ0) is 20.3. The highest BCUT2D eigenvalue weighted by molar-refractivity contribution is 6.21. The predicted molar refractivity (Wildman–Crippen MR) is 109 cm³/mol. The smallest absolute Gasteiger partial charge is 0.111 e. The van der Waals surface area contributed by atoms with Gasteiger partial charge in [0.15, 0.2) is 0 Å². The second-order valence-electron chi connectivity index (χ2n) is 10.7. The van der Waals surface area contributed by atoms with Gasteiger partial charge in [-0.2, -0.15) is 14.1 Å². The van der Waals surface area contributed by atoms with Gasteiger partial charge in [-0.1, -0.05) is 0 Å². The number of quaternary nitrogens is 2. The molecule has 5 heteroatoms. The first-order valence-corrected chi connectivity index (χ1v) is 11.2. The van der Waals surface area contributed by atoms with Crippen LogP contribution in [0.4, 0.5) is 0 Å². The van der Waals surface area contributed by atoms with Crippen LogP contribution in [0, 0.1) is 31.8 Å². The summed E-state index contributed by atoms with van der Waals surface area (Å²) in [6.07, 6.45) is 6.07. The topological polar surface area (TPSA) is 62.7 Å². The summed E-state index contributed by atoms with van der Waals surface area (Å²) >= 11 is 6.59. The fourth-order valence-electron chi connectivity index (χ4n) is 6.73. The normalized spacial score (nSPS) is 53.0. The minimum Gasteiger partial charge on any atom is -0.474 e. The van der Waals surface area contributed by atoms with Crippen molar-refractivity contribution in [3.63, 3.8) is 0 Å². The van der Waals surface area contributed by atoms with E-state index in [1.54, 1.807) is 0 Å². The molecule has 0 radical (unpaired) electrons. The van der Waals surface area contributed by atoms with Crippen LogP contribution in [0.2, 0.25) is 0 Å². The maximum atomic E-state index is 11.2. The third kappa shape index (κ3) is 3.59. The molecule has 0 aromatic heterocycles. The van der Waals surface area contributed by atoms with Gasteiger partial charge in [-0.15, -0.1) is 11.6 Å². The second-order valence-corrected chi connectivity index (χ2v) is 11.2. The Bertz CT molecular complexity index is 554. The van der Waals surface area contributed by atoms with Gasteiger partial charge in [0.25, 0.3) is 0 Å². The Balaban J connectivity index is 2.00. The highest BCUT2D eigenvalue weighted by Crippen LogP contribution is 2.55. The lowest BCUT2D eigenvalue weighted by molar-refractivity contribution is -0.703. The summed E-state index contributed by atoms with van der Waals surface area (Å²) in [5.41, 5.74) is -1.12. The van der Waals surface area contributed by atoms with Crippen LogP contribution in [0.15, 0.2) is 0 Å². The Hall–Kier alpha value is 0.130. The van der Waals surface area contributed by atoms with E-state index in [1.165, 1.54) is 0 Å². The number of alkyl halides is 1. The molecule has 0 amide bonds. The first-order chi connectivity index (χ1) is 12.4. The van der Waals surface area contributed by atoms with E-state index in [1.807, 2.05) is 12.2 Å². The molecule has 0 spiro atoms. The van der Waals surface area contributed by atoms with Crippen molar-refractivity contribution in [2.24, 2.45) is 17.8 Å². The molecule has 3 rings (SSSR count). The molecule has 8 atom stereocenters. The largest absolute Gasteiger partial charge is 0.474 e. The van der Waals surface area contributed by atoms with Crippen molar-refractivity contribution >= 4 is 11.6 Å². The van der Waals surface area contributed by atoms with Crippen LogP contribution in [-0.2, 0) is 4.74 Å². The van der Waals surface area contributed by atoms with E-state index in [2.05, 4.69) is 47.1 Å². The summed E-state index contributed by atoms with van der Waals surface area (Å²) in [5, 5.41) is 15.4. The van der Waals surface area contributed by atoms with Crippen LogP contribution in [0.1, 0.15) is 73.1 Å². The van der Waals surface area contributed by atoms with Gasteiger partial charge >= 0.3 is 0 Å². The monoisotopic (exact) mass is 400 g/mol. The lowest BCUT2D eigenvalue weighted by Crippen LogP contribution is -2.98. The van der Waals surface area contributed by atoms with Gasteiger partial charge in [0.2, 0.25) is 0 Å². The molecular weight excluding hydrogens is 360 g/mol. The van der Waals surface area contributed by atoms with Crippen molar-refractivity contribution in [1.82, 2.24) is 0 Å². The van der Waals surface area contributed by atoms with E-state index in [-0.39, 0.29) is 28.2 Å². The number of rotatable bonds is 3. The van der Waals surface area contributed by atoms with Gasteiger partial charge in [-0.25, -0.2) is 0 Å². The highest BCUT2D eigenvalue weighted by atomic mass is 35.5. The Kier molecular flexibility index (Phi) is 5.76. The minimum absolute atomic E-state index is 0.0491. The maximum Gasteiger partial charge on any atom is 0.111 e. The molecule has 0 bridgehead atoms. The number of hydrogen-bond acceptors (Lipinski definition) is 2. The van der Waals surface area contributed by atoms with Gasteiger partial charge in [-0.3, -0.25) is 0 Å². The van der Waals surface area contributed by atoms with Crippen LogP contribution >= 0.6 is 11.6 Å². The van der Waals surface area contributed by atoms with Crippen LogP contribution in [0.25, 0.3) is 0 Å². The maximum absolute atomic E-state index is 11.2. The molecule has 1 aliphatic heterocycles. The van der Waals surface area contributed by atoms with E-state index in [0.29, 0.717) is 17.8 Å². The second kappa shape index (κ2) is 7.12. The lowest BCUT2D eigenvalue weighted by Gasteiger charge is -2.61. The molecule has 3 aliphatic rings. The fraction of sp³-hybridized carbons (Fsp3) is 0.909. The van der Waals surface area contributed by atoms with Gasteiger partial charge in [0.05, 0.1) is 28.2 Å². The summed E-state index contributed by atoms with van der Waals surface area (Å²) < 4.78 is 6.75. The Labute approximate surface area is 171 Å². The number of aliphatic hydroxyl groups is 1. The number of ether oxygens (including phenoxy) is 1. The Morgan fingerprint density at radius 3 is 2.15 bits per heavy atom. The van der Waals surface area contributed by atoms with E-state index in [0.717, 1.165) is 38.5 Å². The van der Waals surface area contributed by atoms with Crippen LogP contribution in [0.3, 0.4) is 0 Å². The zero-order valence-corrected chi connectivity index (χ0v) is 18.7. The first-order valence-electron chi connectivity index (χ1n) is 10.7. The minimum atomic E-state index is -0.698. The first kappa shape index (κ1) is 21.8. The fourth-order valence-corrected chi connectivity index (χ4v) is 6.88. The summed E-state index contributed by atoms with van der Waals surface area (Å²) in [7, 11) is 8.33. The van der Waals surface area contributed by atoms with Crippen LogP contribution < -0.4 is 10.6 Å². The molecule has 5 N–H and O–H groups in total. The van der Waals surface area contributed by atoms with E-state index in [9.17, 15) is 5.11 Å². The zero-order valence-electron chi connectivity index (χ0n) is 17.9. The molecule has 0 aromatic carbocycles. The van der Waals surface area contributed by atoms with Gasteiger partial charge < -0.3 is 20.5 Å². The average molecular weight is 401 g/mol. The number of halogens is 1. The van der Waals surface area contributed by atoms with E-state index >= 15 is 0 Å². The van der Waals surface area contributed by atoms with Crippen molar-refractivity contribution in [2.45, 2.75) is 107 Å². The molecule has 27 heavy (non-hydrogen) atoms. The molecule has 3 fully saturated rings. The van der Waals surface area contributed by atoms with Gasteiger partial charge in [-0.05, 0) is 72.6 Å². The predicted octanol–water partition coefficient (Wildman–Crippen LogP) is 1.97. The molecule has 4 nitrogen and oxygen atoms in total. The summed E-state index contributed by atoms with van der Waals surface area (Å²) in [6, 6.07) is 0.0816. The molecular formula is C22H41ClN2O2. The van der Waals surface area contributed by atoms with Gasteiger partial charge in [0, 0.05) is 18.3 Å². The third-order valence-corrected chi connectivity index (χ3v) is 9.26. The van der Waals surface area contributed by atoms with E-state index in [4.69, 9.17) is 16.3 Å². The highest BCUT2D eigenvalue weighted by Gasteiger charge is 2.62. The number of hydrogen-bond donors (Lipinski definition) is 3. The van der Waals surface area contributed by atoms with Crippen molar-refractivity contribution in [1.29, 1.82) is 0 Å². The van der Waals surface area contributed by atoms with Gasteiger partial charge in [0.1, 0.15) is 5.60 Å². The Morgan fingerprint density at radius 1 is 0.963 bits per heavy atom. The molecule has 158 valence electrons. The number of fused-ring (bicyclic) bond motifs is 1. The molecule has 2 aliphatic carbocycles. The summed E-state index contributed by atoms with van der Waals surface area (Å²) in [4.78, 5) is 0. The standard InChI is InChI=1S/C22H41ClN2O2/c1-19(2)16(23)10-13-22(5,27-19)15-8-11-20(3,25-7)14-9-12-21(4,26)18(24-6)17(14)15/h14-18,26H,6-13,24-25H2,1-5H3. The summed E-state index contributed by atoms with van der Waals surface area (Å²) in [5.74, 6) is 1.26. The van der Waals surface area contributed by atoms with Crippen LogP contribution in [-0.4, -0.2) is 38.9 Å². The summed E-state index contributed by atoms with van der Waals surface area (Å²) in [6.45, 7) is 10.9. The molecule has 1 saturated heterocycles. The molecule has 1 heterocycles. The van der Waals surface area contributed by atoms with Crippen molar-refractivity contribution in [2.75, 3.05) is 0 Å². The lowest BCUT2D eigenvalue weighted by atomic mass is 9.50. The van der Waals surface area contributed by atoms with E-state index < -0.39 is 5.60 Å². The Morgan fingerprint density at radius 2 is 1.59 bits per heavy atom. The quantitative estimate of drug-likeness (QED) is 0.501. The molecule has 2 saturated carbocycles. The molecule has 8 unspecified atom stereocenters.